The van der Waals surface area contributed by atoms with Gasteiger partial charge in [0.2, 0.25) is 11.9 Å². The van der Waals surface area contributed by atoms with Gasteiger partial charge in [0.25, 0.3) is 0 Å². The molecule has 0 aliphatic carbocycles. The lowest BCUT2D eigenvalue weighted by molar-refractivity contribution is -0.111. The maximum atomic E-state index is 14.3. The smallest absolute Gasteiger partial charge is 0.247 e. The van der Waals surface area contributed by atoms with Gasteiger partial charge in [-0.1, -0.05) is 24.8 Å². The third kappa shape index (κ3) is 5.21. The van der Waals surface area contributed by atoms with Gasteiger partial charge in [-0.3, -0.25) is 9.48 Å². The predicted octanol–water partition coefficient (Wildman–Crippen LogP) is 4.94. The SMILES string of the molecule is C=CC(=O)Nc1cccc(Nc2nc(Nc3cnn(C)c3)ncc2-c2ccc(C)c(F)c2)c1. The van der Waals surface area contributed by atoms with Crippen LogP contribution in [-0.2, 0) is 11.8 Å². The molecule has 0 saturated carbocycles. The molecule has 0 bridgehead atoms. The summed E-state index contributed by atoms with van der Waals surface area (Å²) < 4.78 is 15.9. The number of amides is 1. The minimum atomic E-state index is -0.315. The van der Waals surface area contributed by atoms with Crippen LogP contribution in [0.5, 0.6) is 0 Å². The molecule has 0 unspecified atom stereocenters. The molecule has 0 aliphatic rings. The Morgan fingerprint density at radius 1 is 1.09 bits per heavy atom. The van der Waals surface area contributed by atoms with Gasteiger partial charge in [-0.15, -0.1) is 0 Å². The Labute approximate surface area is 190 Å². The minimum Gasteiger partial charge on any atom is -0.339 e. The summed E-state index contributed by atoms with van der Waals surface area (Å²) in [4.78, 5) is 20.7. The Morgan fingerprint density at radius 2 is 1.91 bits per heavy atom. The fourth-order valence-corrected chi connectivity index (χ4v) is 3.13. The van der Waals surface area contributed by atoms with Gasteiger partial charge in [0, 0.05) is 36.4 Å². The van der Waals surface area contributed by atoms with Gasteiger partial charge in [0.15, 0.2) is 0 Å². The van der Waals surface area contributed by atoms with E-state index in [9.17, 15) is 9.18 Å². The Morgan fingerprint density at radius 3 is 2.64 bits per heavy atom. The molecule has 4 aromatic rings. The fourth-order valence-electron chi connectivity index (χ4n) is 3.13. The van der Waals surface area contributed by atoms with Crippen LogP contribution < -0.4 is 16.0 Å². The Bertz CT molecular complexity index is 1330. The van der Waals surface area contributed by atoms with E-state index in [0.717, 1.165) is 5.69 Å². The molecule has 0 aliphatic heterocycles. The monoisotopic (exact) mass is 443 g/mol. The van der Waals surface area contributed by atoms with Crippen molar-refractivity contribution < 1.29 is 9.18 Å². The highest BCUT2D eigenvalue weighted by Gasteiger charge is 2.13. The van der Waals surface area contributed by atoms with Gasteiger partial charge in [0.1, 0.15) is 11.6 Å². The van der Waals surface area contributed by atoms with Crippen molar-refractivity contribution in [2.45, 2.75) is 6.92 Å². The summed E-state index contributed by atoms with van der Waals surface area (Å²) in [7, 11) is 1.81. The Kier molecular flexibility index (Phi) is 6.12. The summed E-state index contributed by atoms with van der Waals surface area (Å²) >= 11 is 0. The highest BCUT2D eigenvalue weighted by molar-refractivity contribution is 5.99. The van der Waals surface area contributed by atoms with Crippen molar-refractivity contribution in [3.05, 3.63) is 85.1 Å². The second kappa shape index (κ2) is 9.31. The van der Waals surface area contributed by atoms with E-state index < -0.39 is 0 Å². The molecule has 0 atom stereocenters. The van der Waals surface area contributed by atoms with Gasteiger partial charge in [-0.05, 0) is 48.4 Å². The van der Waals surface area contributed by atoms with Gasteiger partial charge < -0.3 is 16.0 Å². The second-order valence-electron chi connectivity index (χ2n) is 7.35. The summed E-state index contributed by atoms with van der Waals surface area (Å²) in [5.74, 6) is 0.183. The summed E-state index contributed by atoms with van der Waals surface area (Å²) in [6.45, 7) is 5.17. The number of halogens is 1. The number of carbonyl (C=O) groups excluding carboxylic acids is 1. The van der Waals surface area contributed by atoms with E-state index in [1.54, 1.807) is 54.5 Å². The van der Waals surface area contributed by atoms with Crippen molar-refractivity contribution in [1.29, 1.82) is 0 Å². The highest BCUT2D eigenvalue weighted by Crippen LogP contribution is 2.31. The lowest BCUT2D eigenvalue weighted by Crippen LogP contribution is -2.07. The lowest BCUT2D eigenvalue weighted by Gasteiger charge is -2.14. The van der Waals surface area contributed by atoms with Crippen LogP contribution in [0.25, 0.3) is 11.1 Å². The van der Waals surface area contributed by atoms with Crippen molar-refractivity contribution in [3.63, 3.8) is 0 Å². The van der Waals surface area contributed by atoms with Crippen LogP contribution in [0.3, 0.4) is 0 Å². The molecule has 0 fully saturated rings. The first-order chi connectivity index (χ1) is 15.9. The number of nitrogens with zero attached hydrogens (tertiary/aromatic N) is 4. The normalized spacial score (nSPS) is 10.5. The standard InChI is InChI=1S/C24H22FN7O/c1-4-22(33)28-17-6-5-7-18(11-17)29-23-20(16-9-8-15(2)21(25)10-16)13-26-24(31-23)30-19-12-27-32(3)14-19/h4-14H,1H2,2-3H3,(H,28,33)(H2,26,29,30,31). The summed E-state index contributed by atoms with van der Waals surface area (Å²) in [5.41, 5.74) is 3.80. The van der Waals surface area contributed by atoms with E-state index in [1.807, 2.05) is 19.2 Å². The number of benzene rings is 2. The van der Waals surface area contributed by atoms with E-state index in [2.05, 4.69) is 37.6 Å². The maximum Gasteiger partial charge on any atom is 0.247 e. The number of anilines is 5. The van der Waals surface area contributed by atoms with Crippen LogP contribution in [0.4, 0.5) is 33.2 Å². The number of hydrogen-bond donors (Lipinski definition) is 3. The molecule has 166 valence electrons. The zero-order valence-corrected chi connectivity index (χ0v) is 18.1. The molecule has 9 heteroatoms. The average molecular weight is 443 g/mol. The van der Waals surface area contributed by atoms with Crippen molar-refractivity contribution >= 4 is 34.7 Å². The molecule has 0 radical (unpaired) electrons. The number of aryl methyl sites for hydroxylation is 2. The lowest BCUT2D eigenvalue weighted by atomic mass is 10.1. The van der Waals surface area contributed by atoms with Crippen LogP contribution in [-0.4, -0.2) is 25.7 Å². The summed E-state index contributed by atoms with van der Waals surface area (Å²) in [5, 5.41) is 13.2. The number of aromatic nitrogens is 4. The Balaban J connectivity index is 1.71. The molecule has 33 heavy (non-hydrogen) atoms. The molecule has 2 aromatic carbocycles. The molecule has 8 nitrogen and oxygen atoms in total. The first-order valence-corrected chi connectivity index (χ1v) is 10.1. The van der Waals surface area contributed by atoms with Gasteiger partial charge >= 0.3 is 0 Å². The van der Waals surface area contributed by atoms with Gasteiger partial charge in [-0.2, -0.15) is 10.1 Å². The average Bonchev–Trinajstić information content (AvgIpc) is 3.20. The van der Waals surface area contributed by atoms with Crippen LogP contribution in [0.15, 0.2) is 73.7 Å². The molecule has 3 N–H and O–H groups in total. The molecule has 2 aromatic heterocycles. The van der Waals surface area contributed by atoms with E-state index in [4.69, 9.17) is 0 Å². The summed E-state index contributed by atoms with van der Waals surface area (Å²) in [6, 6.07) is 12.1. The number of rotatable bonds is 7. The topological polar surface area (TPSA) is 96.8 Å². The highest BCUT2D eigenvalue weighted by atomic mass is 19.1. The van der Waals surface area contributed by atoms with Crippen molar-refractivity contribution in [2.24, 2.45) is 7.05 Å². The third-order valence-electron chi connectivity index (χ3n) is 4.81. The third-order valence-corrected chi connectivity index (χ3v) is 4.81. The zero-order valence-electron chi connectivity index (χ0n) is 18.1. The van der Waals surface area contributed by atoms with Crippen molar-refractivity contribution in [3.8, 4) is 11.1 Å². The fraction of sp³-hybridized carbons (Fsp3) is 0.0833. The van der Waals surface area contributed by atoms with Crippen LogP contribution in [0.1, 0.15) is 5.56 Å². The molecule has 0 saturated heterocycles. The largest absolute Gasteiger partial charge is 0.339 e. The quantitative estimate of drug-likeness (QED) is 0.350. The van der Waals surface area contributed by atoms with Crippen molar-refractivity contribution in [2.75, 3.05) is 16.0 Å². The van der Waals surface area contributed by atoms with E-state index in [1.165, 1.54) is 12.1 Å². The summed E-state index contributed by atoms with van der Waals surface area (Å²) in [6.07, 6.45) is 6.28. The number of nitrogens with one attached hydrogen (secondary N) is 3. The molecule has 2 heterocycles. The first kappa shape index (κ1) is 21.7. The van der Waals surface area contributed by atoms with E-state index in [0.29, 0.717) is 39.8 Å². The van der Waals surface area contributed by atoms with Crippen LogP contribution in [0, 0.1) is 12.7 Å². The minimum absolute atomic E-state index is 0.312. The van der Waals surface area contributed by atoms with E-state index in [-0.39, 0.29) is 11.7 Å². The van der Waals surface area contributed by atoms with Gasteiger partial charge in [0.05, 0.1) is 11.9 Å². The second-order valence-corrected chi connectivity index (χ2v) is 7.35. The van der Waals surface area contributed by atoms with Crippen LogP contribution in [0.2, 0.25) is 0 Å². The molecule has 1 amide bonds. The van der Waals surface area contributed by atoms with Crippen molar-refractivity contribution in [1.82, 2.24) is 19.7 Å². The Hall–Kier alpha value is -4.53. The molecular weight excluding hydrogens is 421 g/mol. The molecule has 4 rings (SSSR count). The van der Waals surface area contributed by atoms with Crippen LogP contribution >= 0.6 is 0 Å². The number of hydrogen-bond acceptors (Lipinski definition) is 6. The maximum absolute atomic E-state index is 14.3. The predicted molar refractivity (Wildman–Crippen MR) is 127 cm³/mol. The van der Waals surface area contributed by atoms with E-state index >= 15 is 0 Å². The van der Waals surface area contributed by atoms with Gasteiger partial charge in [-0.25, -0.2) is 9.37 Å². The molecular formula is C24H22FN7O. The number of carbonyl (C=O) groups is 1. The molecule has 0 spiro atoms. The zero-order chi connectivity index (χ0) is 23.4. The first-order valence-electron chi connectivity index (χ1n) is 10.1.